The van der Waals surface area contributed by atoms with E-state index in [1.165, 1.54) is 27.7 Å². The van der Waals surface area contributed by atoms with Crippen molar-refractivity contribution in [1.29, 1.82) is 0 Å². The maximum atomic E-state index is 10.0. The highest BCUT2D eigenvalue weighted by Gasteiger charge is 2.17. The molecule has 0 spiro atoms. The summed E-state index contributed by atoms with van der Waals surface area (Å²) in [6.45, 7) is 5.95. The molecule has 0 atom stereocenters. The summed E-state index contributed by atoms with van der Waals surface area (Å²) in [6, 6.07) is 0. The average molecular weight is 278 g/mol. The van der Waals surface area contributed by atoms with Crippen LogP contribution in [0.2, 0.25) is 0 Å². The van der Waals surface area contributed by atoms with Gasteiger partial charge < -0.3 is 19.6 Å². The molecule has 0 saturated carbocycles. The van der Waals surface area contributed by atoms with Gasteiger partial charge in [0.2, 0.25) is 0 Å². The molecule has 0 amide bonds. The van der Waals surface area contributed by atoms with E-state index in [0.717, 1.165) is 0 Å². The maximum absolute atomic E-state index is 10.0. The Kier molecular flexibility index (Phi) is 11.3. The number of hydrogen-bond acceptors (Lipinski definition) is 2. The smallest absolute Gasteiger partial charge is 0.324 e. The van der Waals surface area contributed by atoms with Crippen LogP contribution in [-0.4, -0.2) is 48.3 Å². The van der Waals surface area contributed by atoms with Crippen LogP contribution in [0, 0.1) is 0 Å². The monoisotopic (exact) mass is 278 g/mol. The molecule has 4 N–H and O–H groups in total. The molecule has 0 unspecified atom stereocenters. The molecule has 15 heavy (non-hydrogen) atoms. The van der Waals surface area contributed by atoms with Gasteiger partial charge in [-0.15, -0.1) is 0 Å². The second kappa shape index (κ2) is 8.00. The summed E-state index contributed by atoms with van der Waals surface area (Å²) in [5.41, 5.74) is -1.07. The van der Waals surface area contributed by atoms with Gasteiger partial charge in [-0.2, -0.15) is 0 Å². The molecule has 0 fully saturated rings. The minimum Gasteiger partial charge on any atom is -0.324 e. The van der Waals surface area contributed by atoms with Crippen LogP contribution in [-0.2, 0) is 9.13 Å². The van der Waals surface area contributed by atoms with E-state index in [0.29, 0.717) is 0 Å². The Balaban J connectivity index is -0.000000180. The lowest BCUT2D eigenvalue weighted by molar-refractivity contribution is 0.361. The summed E-state index contributed by atoms with van der Waals surface area (Å²) in [5, 5.41) is 0. The molecule has 0 aliphatic heterocycles. The van der Waals surface area contributed by atoms with Crippen molar-refractivity contribution in [2.75, 3.05) is 0 Å². The maximum Gasteiger partial charge on any atom is 0.328 e. The van der Waals surface area contributed by atoms with Crippen LogP contribution in [0.15, 0.2) is 0 Å². The van der Waals surface area contributed by atoms with E-state index in [2.05, 4.69) is 0 Å². The molecule has 0 aliphatic carbocycles. The van der Waals surface area contributed by atoms with E-state index >= 15 is 0 Å². The van der Waals surface area contributed by atoms with E-state index in [1.54, 1.807) is 0 Å². The van der Waals surface area contributed by atoms with Crippen molar-refractivity contribution in [3.63, 3.8) is 0 Å². The van der Waals surface area contributed by atoms with Crippen molar-refractivity contribution < 1.29 is 28.7 Å². The van der Waals surface area contributed by atoms with Gasteiger partial charge in [0.05, 0.1) is 11.3 Å². The quantitative estimate of drug-likeness (QED) is 0.416. The van der Waals surface area contributed by atoms with Crippen molar-refractivity contribution in [3.05, 3.63) is 0 Å². The first-order valence-corrected chi connectivity index (χ1v) is 7.35. The Morgan fingerprint density at radius 2 is 0.800 bits per heavy atom. The number of rotatable bonds is 2. The van der Waals surface area contributed by atoms with E-state index in [1.807, 2.05) is 0 Å². The fourth-order valence-corrected chi connectivity index (χ4v) is 0. The molecule has 0 aromatic carbocycles. The van der Waals surface area contributed by atoms with Gasteiger partial charge in [0.1, 0.15) is 0 Å². The Labute approximate surface area is 101 Å². The first-order chi connectivity index (χ1) is 5.89. The van der Waals surface area contributed by atoms with Gasteiger partial charge in [-0.25, -0.2) is 0 Å². The molecule has 0 radical (unpaired) electrons. The van der Waals surface area contributed by atoms with E-state index in [9.17, 15) is 9.13 Å². The predicted octanol–water partition coefficient (Wildman–Crippen LogP) is -0.0389. The second-order valence-electron chi connectivity index (χ2n) is 3.37. The highest BCUT2D eigenvalue weighted by Crippen LogP contribution is 2.40. The van der Waals surface area contributed by atoms with Crippen LogP contribution in [0.3, 0.4) is 0 Å². The lowest BCUT2D eigenvalue weighted by Gasteiger charge is -2.04. The summed E-state index contributed by atoms with van der Waals surface area (Å²) in [4.78, 5) is 32.8. The summed E-state index contributed by atoms with van der Waals surface area (Å²) >= 11 is 0. The third kappa shape index (κ3) is 14.8. The topological polar surface area (TPSA) is 115 Å². The molecule has 0 aliphatic rings. The zero-order valence-electron chi connectivity index (χ0n) is 8.65. The van der Waals surface area contributed by atoms with Crippen LogP contribution >= 0.6 is 15.2 Å². The van der Waals surface area contributed by atoms with Gasteiger partial charge in [0.15, 0.2) is 17.4 Å². The Morgan fingerprint density at radius 3 is 0.800 bits per heavy atom. The highest BCUT2D eigenvalue weighted by atomic mass is 31.2. The third-order valence-corrected chi connectivity index (χ3v) is 4.04. The summed E-state index contributed by atoms with van der Waals surface area (Å²) in [7, 11) is -7.48. The standard InChI is InChI=1S/2C3H9O3P.Al.3H/c2*1-3(2)7(4,5)6;;;;/h2*3H,1-2H3,(H2,4,5,6);;;;. The normalized spacial score (nSPS) is 11.9. The molecule has 0 aromatic heterocycles. The lowest BCUT2D eigenvalue weighted by Crippen LogP contribution is -1.93. The average Bonchev–Trinajstić information content (AvgIpc) is 1.83. The zero-order valence-corrected chi connectivity index (χ0v) is 10.4. The van der Waals surface area contributed by atoms with Gasteiger partial charge in [-0.3, -0.25) is 9.13 Å². The molecule has 94 valence electrons. The number of hydrogen-bond donors (Lipinski definition) is 4. The van der Waals surface area contributed by atoms with Gasteiger partial charge in [0, 0.05) is 0 Å². The molecule has 0 bridgehead atoms. The SMILES string of the molecule is CC(C)P(=O)(O)O.CC(C)P(=O)(O)O.[AlH3]. The predicted molar refractivity (Wildman–Crippen MR) is 64.3 cm³/mol. The van der Waals surface area contributed by atoms with Crippen molar-refractivity contribution in [2.45, 2.75) is 39.0 Å². The van der Waals surface area contributed by atoms with Crippen molar-refractivity contribution >= 4 is 32.6 Å². The zero-order chi connectivity index (χ0) is 12.2. The minimum absolute atomic E-state index is 0. The second-order valence-corrected chi connectivity index (χ2v) is 7.79. The molecule has 0 heterocycles. The molecular formula is C6H21AlO6P2. The van der Waals surface area contributed by atoms with Crippen molar-refractivity contribution in [2.24, 2.45) is 0 Å². The Bertz CT molecular complexity index is 216. The van der Waals surface area contributed by atoms with Gasteiger partial charge >= 0.3 is 15.2 Å². The minimum atomic E-state index is -3.74. The summed E-state index contributed by atoms with van der Waals surface area (Å²) in [6.07, 6.45) is 0. The summed E-state index contributed by atoms with van der Waals surface area (Å²) < 4.78 is 20.1. The van der Waals surface area contributed by atoms with Crippen molar-refractivity contribution in [3.8, 4) is 0 Å². The van der Waals surface area contributed by atoms with Crippen molar-refractivity contribution in [1.82, 2.24) is 0 Å². The molecule has 0 aromatic rings. The van der Waals surface area contributed by atoms with Crippen LogP contribution in [0.5, 0.6) is 0 Å². The fraction of sp³-hybridized carbons (Fsp3) is 1.00. The van der Waals surface area contributed by atoms with Gasteiger partial charge in [-0.05, 0) is 0 Å². The van der Waals surface area contributed by atoms with Crippen LogP contribution in [0.25, 0.3) is 0 Å². The van der Waals surface area contributed by atoms with Gasteiger partial charge in [0.25, 0.3) is 0 Å². The van der Waals surface area contributed by atoms with E-state index < -0.39 is 26.5 Å². The molecule has 0 saturated heterocycles. The molecular weight excluding hydrogens is 257 g/mol. The first kappa shape index (κ1) is 21.2. The van der Waals surface area contributed by atoms with Crippen LogP contribution < -0.4 is 0 Å². The largest absolute Gasteiger partial charge is 0.328 e. The molecule has 6 nitrogen and oxygen atoms in total. The first-order valence-electron chi connectivity index (χ1n) is 3.99. The van der Waals surface area contributed by atoms with E-state index in [4.69, 9.17) is 19.6 Å². The highest BCUT2D eigenvalue weighted by molar-refractivity contribution is 7.52. The van der Waals surface area contributed by atoms with E-state index in [-0.39, 0.29) is 17.4 Å². The van der Waals surface area contributed by atoms with Crippen LogP contribution in [0.1, 0.15) is 27.7 Å². The fourth-order valence-electron chi connectivity index (χ4n) is 0. The van der Waals surface area contributed by atoms with Crippen LogP contribution in [0.4, 0.5) is 0 Å². The Hall–Kier alpha value is 0.832. The lowest BCUT2D eigenvalue weighted by atomic mass is 10.6. The molecule has 9 heteroatoms. The Morgan fingerprint density at radius 1 is 0.733 bits per heavy atom. The third-order valence-electron chi connectivity index (χ3n) is 1.35. The van der Waals surface area contributed by atoms with Gasteiger partial charge in [-0.1, -0.05) is 27.7 Å². The summed E-state index contributed by atoms with van der Waals surface area (Å²) in [5.74, 6) is 0. The molecule has 0 rings (SSSR count).